The van der Waals surface area contributed by atoms with E-state index in [1.165, 1.54) is 32.1 Å². The Bertz CT molecular complexity index is 225. The summed E-state index contributed by atoms with van der Waals surface area (Å²) in [5.74, 6) is 0.0857. The van der Waals surface area contributed by atoms with Crippen LogP contribution in [0, 0.1) is 5.41 Å². The first kappa shape index (κ1) is 21.5. The zero-order valence-electron chi connectivity index (χ0n) is 12.9. The van der Waals surface area contributed by atoms with E-state index in [1.807, 2.05) is 0 Å². The minimum atomic E-state index is -0.289. The minimum absolute atomic E-state index is 0. The van der Waals surface area contributed by atoms with Crippen LogP contribution in [0.2, 0.25) is 0 Å². The molecule has 6 heteroatoms. The molecule has 0 aliphatic heterocycles. The average molecular weight is 351 g/mol. The molecule has 0 heterocycles. The van der Waals surface area contributed by atoms with E-state index in [0.29, 0.717) is 6.54 Å². The number of hydrogen-bond acceptors (Lipinski definition) is 2. The lowest BCUT2D eigenvalue weighted by atomic mass is 10.2. The topological polar surface area (TPSA) is 77.0 Å². The van der Waals surface area contributed by atoms with Crippen LogP contribution in [-0.2, 0) is 0 Å². The highest BCUT2D eigenvalue weighted by Crippen LogP contribution is 1.97. The lowest BCUT2D eigenvalue weighted by molar-refractivity contribution is 0.244. The van der Waals surface area contributed by atoms with Crippen LogP contribution < -0.4 is 16.0 Å². The zero-order valence-corrected chi connectivity index (χ0v) is 14.6. The van der Waals surface area contributed by atoms with Crippen molar-refractivity contribution in [3.63, 3.8) is 0 Å². The van der Waals surface area contributed by atoms with Crippen molar-refractivity contribution in [2.24, 2.45) is 0 Å². The van der Waals surface area contributed by atoms with E-state index in [4.69, 9.17) is 5.41 Å². The van der Waals surface area contributed by atoms with Crippen LogP contribution in [-0.4, -0.2) is 25.1 Å². The first-order valence-electron chi connectivity index (χ1n) is 7.58. The molecule has 5 nitrogen and oxygen atoms in total. The van der Waals surface area contributed by atoms with Gasteiger partial charge in [-0.1, -0.05) is 52.4 Å². The predicted octanol–water partition coefficient (Wildman–Crippen LogP) is 3.55. The summed E-state index contributed by atoms with van der Waals surface area (Å²) in [6.45, 7) is 5.75. The number of halogens is 1. The highest BCUT2D eigenvalue weighted by atomic mass is 79.9. The summed E-state index contributed by atoms with van der Waals surface area (Å²) in [6, 6.07) is -0.289. The molecule has 0 radical (unpaired) electrons. The number of carbonyl (C=O) groups excluding carboxylic acids is 1. The van der Waals surface area contributed by atoms with Gasteiger partial charge >= 0.3 is 6.03 Å². The number of unbranched alkanes of at least 4 members (excludes halogenated alkanes) is 6. The van der Waals surface area contributed by atoms with Gasteiger partial charge in [0.05, 0.1) is 0 Å². The molecule has 0 aromatic rings. The van der Waals surface area contributed by atoms with Gasteiger partial charge in [-0.05, 0) is 12.8 Å². The Hall–Kier alpha value is -0.780. The number of nitrogens with one attached hydrogen (secondary N) is 4. The third kappa shape index (κ3) is 15.3. The van der Waals surface area contributed by atoms with Crippen molar-refractivity contribution in [3.8, 4) is 0 Å². The van der Waals surface area contributed by atoms with E-state index in [9.17, 15) is 4.79 Å². The van der Waals surface area contributed by atoms with Gasteiger partial charge in [0.25, 0.3) is 0 Å². The maximum Gasteiger partial charge on any atom is 0.321 e. The van der Waals surface area contributed by atoms with Crippen molar-refractivity contribution < 1.29 is 4.79 Å². The molecule has 0 aliphatic rings. The van der Waals surface area contributed by atoms with Gasteiger partial charge < -0.3 is 10.6 Å². The monoisotopic (exact) mass is 350 g/mol. The van der Waals surface area contributed by atoms with E-state index >= 15 is 0 Å². The van der Waals surface area contributed by atoms with Gasteiger partial charge in [-0.15, -0.1) is 17.0 Å². The Kier molecular flexibility index (Phi) is 17.5. The van der Waals surface area contributed by atoms with Crippen molar-refractivity contribution in [1.82, 2.24) is 16.0 Å². The van der Waals surface area contributed by atoms with Crippen LogP contribution in [0.15, 0.2) is 0 Å². The summed E-state index contributed by atoms with van der Waals surface area (Å²) in [7, 11) is 0. The number of urea groups is 1. The van der Waals surface area contributed by atoms with E-state index in [2.05, 4.69) is 29.8 Å². The normalized spacial score (nSPS) is 9.50. The molecule has 0 fully saturated rings. The molecule has 0 saturated heterocycles. The van der Waals surface area contributed by atoms with Crippen LogP contribution in [0.5, 0.6) is 0 Å². The van der Waals surface area contributed by atoms with E-state index < -0.39 is 0 Å². The Morgan fingerprint density at radius 3 is 1.85 bits per heavy atom. The fraction of sp³-hybridized carbons (Fsp3) is 0.857. The number of amides is 2. The number of carbonyl (C=O) groups is 1. The minimum Gasteiger partial charge on any atom is -0.356 e. The highest BCUT2D eigenvalue weighted by molar-refractivity contribution is 8.93. The standard InChI is InChI=1S/C14H30N4O.BrH/c1-3-5-7-9-11-16-13(15)18-14(19)17-12-10-8-6-4-2;/h3-12H2,1-2H3,(H4,15,16,17,18,19);1H. The Balaban J connectivity index is 0. The molecule has 0 aliphatic carbocycles. The molecule has 0 bridgehead atoms. The molecule has 0 aromatic heterocycles. The second kappa shape index (κ2) is 16.3. The summed E-state index contributed by atoms with van der Waals surface area (Å²) in [6.07, 6.45) is 9.17. The van der Waals surface area contributed by atoms with Gasteiger partial charge in [-0.25, -0.2) is 4.79 Å². The third-order valence-corrected chi connectivity index (χ3v) is 2.89. The first-order chi connectivity index (χ1) is 9.20. The molecule has 0 atom stereocenters. The van der Waals surface area contributed by atoms with E-state index in [1.54, 1.807) is 0 Å². The van der Waals surface area contributed by atoms with E-state index in [0.717, 1.165) is 25.8 Å². The lowest BCUT2D eigenvalue weighted by Gasteiger charge is -2.10. The molecular formula is C14H31BrN4O. The van der Waals surface area contributed by atoms with Gasteiger partial charge in [-0.3, -0.25) is 10.7 Å². The molecule has 0 aromatic carbocycles. The van der Waals surface area contributed by atoms with Crippen LogP contribution in [0.1, 0.15) is 65.2 Å². The van der Waals surface area contributed by atoms with Gasteiger partial charge in [0, 0.05) is 13.1 Å². The lowest BCUT2D eigenvalue weighted by Crippen LogP contribution is -2.45. The molecule has 120 valence electrons. The zero-order chi connectivity index (χ0) is 14.3. The second-order valence-corrected chi connectivity index (χ2v) is 4.80. The SMILES string of the molecule is Br.CCCCCCNC(=N)NC(=O)NCCCCCC. The van der Waals surface area contributed by atoms with Crippen molar-refractivity contribution in [3.05, 3.63) is 0 Å². The molecule has 0 rings (SSSR count). The number of rotatable bonds is 10. The second-order valence-electron chi connectivity index (χ2n) is 4.80. The summed E-state index contributed by atoms with van der Waals surface area (Å²) in [4.78, 5) is 11.4. The van der Waals surface area contributed by atoms with Crippen molar-refractivity contribution in [2.75, 3.05) is 13.1 Å². The van der Waals surface area contributed by atoms with Crippen LogP contribution >= 0.6 is 17.0 Å². The number of hydrogen-bond donors (Lipinski definition) is 4. The number of guanidine groups is 1. The summed E-state index contributed by atoms with van der Waals surface area (Å²) >= 11 is 0. The first-order valence-corrected chi connectivity index (χ1v) is 7.58. The van der Waals surface area contributed by atoms with E-state index in [-0.39, 0.29) is 29.0 Å². The molecule has 0 unspecified atom stereocenters. The smallest absolute Gasteiger partial charge is 0.321 e. The largest absolute Gasteiger partial charge is 0.356 e. The highest BCUT2D eigenvalue weighted by Gasteiger charge is 2.02. The van der Waals surface area contributed by atoms with Gasteiger partial charge in [0.1, 0.15) is 0 Å². The van der Waals surface area contributed by atoms with Crippen LogP contribution in [0.25, 0.3) is 0 Å². The molecule has 2 amide bonds. The fourth-order valence-electron chi connectivity index (χ4n) is 1.72. The summed E-state index contributed by atoms with van der Waals surface area (Å²) in [5, 5.41) is 15.7. The van der Waals surface area contributed by atoms with Gasteiger partial charge in [0.15, 0.2) is 5.96 Å². The van der Waals surface area contributed by atoms with Crippen LogP contribution in [0.3, 0.4) is 0 Å². The fourth-order valence-corrected chi connectivity index (χ4v) is 1.72. The van der Waals surface area contributed by atoms with Gasteiger partial charge in [0.2, 0.25) is 0 Å². The average Bonchev–Trinajstić information content (AvgIpc) is 2.38. The third-order valence-electron chi connectivity index (χ3n) is 2.89. The predicted molar refractivity (Wildman–Crippen MR) is 90.9 cm³/mol. The Morgan fingerprint density at radius 2 is 1.35 bits per heavy atom. The molecule has 4 N–H and O–H groups in total. The Labute approximate surface area is 133 Å². The maximum absolute atomic E-state index is 11.4. The maximum atomic E-state index is 11.4. The molecular weight excluding hydrogens is 320 g/mol. The van der Waals surface area contributed by atoms with Gasteiger partial charge in [-0.2, -0.15) is 0 Å². The van der Waals surface area contributed by atoms with Crippen molar-refractivity contribution >= 4 is 29.0 Å². The molecule has 0 saturated carbocycles. The van der Waals surface area contributed by atoms with Crippen molar-refractivity contribution in [2.45, 2.75) is 65.2 Å². The summed E-state index contributed by atoms with van der Waals surface area (Å²) in [5.41, 5.74) is 0. The van der Waals surface area contributed by atoms with Crippen LogP contribution in [0.4, 0.5) is 4.79 Å². The molecule has 0 spiro atoms. The summed E-state index contributed by atoms with van der Waals surface area (Å²) < 4.78 is 0. The Morgan fingerprint density at radius 1 is 0.850 bits per heavy atom. The van der Waals surface area contributed by atoms with Crippen molar-refractivity contribution in [1.29, 1.82) is 5.41 Å². The molecule has 20 heavy (non-hydrogen) atoms. The quantitative estimate of drug-likeness (QED) is 0.276.